The van der Waals surface area contributed by atoms with Crippen molar-refractivity contribution < 1.29 is 14.7 Å². The third-order valence-electron chi connectivity index (χ3n) is 3.52. The predicted octanol–water partition coefficient (Wildman–Crippen LogP) is 2.58. The van der Waals surface area contributed by atoms with Crippen LogP contribution in [-0.4, -0.2) is 29.2 Å². The summed E-state index contributed by atoms with van der Waals surface area (Å²) < 4.78 is 0. The molecule has 2 amide bonds. The van der Waals surface area contributed by atoms with Crippen molar-refractivity contribution in [3.63, 3.8) is 0 Å². The van der Waals surface area contributed by atoms with Crippen LogP contribution >= 0.6 is 11.6 Å². The summed E-state index contributed by atoms with van der Waals surface area (Å²) in [6, 6.07) is 7.40. The van der Waals surface area contributed by atoms with E-state index in [2.05, 4.69) is 10.6 Å². The second kappa shape index (κ2) is 6.80. The van der Waals surface area contributed by atoms with Crippen molar-refractivity contribution in [2.75, 3.05) is 6.54 Å². The minimum atomic E-state index is -0.850. The van der Waals surface area contributed by atoms with Gasteiger partial charge in [-0.25, -0.2) is 4.79 Å². The number of hydrogen-bond acceptors (Lipinski definition) is 2. The average Bonchev–Trinajstić information content (AvgIpc) is 3.14. The van der Waals surface area contributed by atoms with Crippen LogP contribution in [0.1, 0.15) is 31.2 Å². The molecule has 114 valence electrons. The second-order valence-electron chi connectivity index (χ2n) is 5.47. The van der Waals surface area contributed by atoms with Gasteiger partial charge in [0.25, 0.3) is 0 Å². The minimum Gasteiger partial charge on any atom is -0.481 e. The number of halogens is 1. The van der Waals surface area contributed by atoms with E-state index in [1.165, 1.54) is 0 Å². The van der Waals surface area contributed by atoms with Crippen LogP contribution in [0.25, 0.3) is 0 Å². The molecule has 0 aromatic heterocycles. The summed E-state index contributed by atoms with van der Waals surface area (Å²) in [5, 5.41) is 14.9. The molecule has 1 aromatic rings. The molecule has 3 N–H and O–H groups in total. The van der Waals surface area contributed by atoms with Crippen LogP contribution in [0.3, 0.4) is 0 Å². The summed E-state index contributed by atoms with van der Waals surface area (Å²) in [7, 11) is 0. The Morgan fingerprint density at radius 1 is 1.33 bits per heavy atom. The average molecular weight is 311 g/mol. The Morgan fingerprint density at radius 3 is 2.71 bits per heavy atom. The van der Waals surface area contributed by atoms with Crippen LogP contribution in [0.5, 0.6) is 0 Å². The third kappa shape index (κ3) is 5.27. The van der Waals surface area contributed by atoms with Gasteiger partial charge in [0, 0.05) is 23.5 Å². The van der Waals surface area contributed by atoms with Gasteiger partial charge in [0.15, 0.2) is 0 Å². The number of rotatable bonds is 7. The fourth-order valence-corrected chi connectivity index (χ4v) is 2.47. The van der Waals surface area contributed by atoms with E-state index in [0.717, 1.165) is 24.8 Å². The van der Waals surface area contributed by atoms with E-state index in [0.29, 0.717) is 18.0 Å². The molecule has 0 spiro atoms. The first kappa shape index (κ1) is 15.6. The monoisotopic (exact) mass is 310 g/mol. The van der Waals surface area contributed by atoms with Crippen molar-refractivity contribution in [2.24, 2.45) is 0 Å². The lowest BCUT2D eigenvalue weighted by Crippen LogP contribution is -2.45. The zero-order valence-corrected chi connectivity index (χ0v) is 12.4. The van der Waals surface area contributed by atoms with Crippen LogP contribution in [0.15, 0.2) is 24.3 Å². The van der Waals surface area contributed by atoms with Crippen molar-refractivity contribution in [3.8, 4) is 0 Å². The number of carbonyl (C=O) groups is 2. The number of urea groups is 1. The van der Waals surface area contributed by atoms with Crippen LogP contribution in [0.4, 0.5) is 4.79 Å². The number of hydrogen-bond donors (Lipinski definition) is 3. The fourth-order valence-electron chi connectivity index (χ4n) is 2.26. The number of benzene rings is 1. The summed E-state index contributed by atoms with van der Waals surface area (Å²) in [5.41, 5.74) is 0.924. The highest BCUT2D eigenvalue weighted by Gasteiger charge is 2.43. The molecular formula is C15H19ClN2O3. The molecular weight excluding hydrogens is 292 g/mol. The van der Waals surface area contributed by atoms with Crippen LogP contribution in [-0.2, 0) is 11.2 Å². The number of amides is 2. The largest absolute Gasteiger partial charge is 0.481 e. The molecule has 1 fully saturated rings. The number of carbonyl (C=O) groups excluding carboxylic acids is 1. The van der Waals surface area contributed by atoms with Gasteiger partial charge in [-0.3, -0.25) is 4.79 Å². The van der Waals surface area contributed by atoms with E-state index in [-0.39, 0.29) is 18.0 Å². The Morgan fingerprint density at radius 2 is 2.10 bits per heavy atom. The van der Waals surface area contributed by atoms with Gasteiger partial charge < -0.3 is 15.7 Å². The molecule has 0 aliphatic heterocycles. The lowest BCUT2D eigenvalue weighted by molar-refractivity contribution is -0.137. The zero-order chi connectivity index (χ0) is 15.3. The Bertz CT molecular complexity index is 529. The molecule has 1 aliphatic carbocycles. The van der Waals surface area contributed by atoms with Crippen molar-refractivity contribution >= 4 is 23.6 Å². The van der Waals surface area contributed by atoms with E-state index in [9.17, 15) is 9.59 Å². The van der Waals surface area contributed by atoms with Gasteiger partial charge in [-0.2, -0.15) is 0 Å². The maximum Gasteiger partial charge on any atom is 0.315 e. The highest BCUT2D eigenvalue weighted by atomic mass is 35.5. The van der Waals surface area contributed by atoms with E-state index in [4.69, 9.17) is 16.7 Å². The first-order valence-electron chi connectivity index (χ1n) is 7.01. The molecule has 0 radical (unpaired) electrons. The normalized spacial score (nSPS) is 15.3. The molecule has 2 rings (SSSR count). The first-order chi connectivity index (χ1) is 9.99. The Labute approximate surface area is 128 Å². The van der Waals surface area contributed by atoms with Crippen molar-refractivity contribution in [1.29, 1.82) is 0 Å². The number of carboxylic acids is 1. The minimum absolute atomic E-state index is 0.0634. The maximum absolute atomic E-state index is 11.8. The van der Waals surface area contributed by atoms with Crippen LogP contribution < -0.4 is 10.6 Å². The highest BCUT2D eigenvalue weighted by Crippen LogP contribution is 2.38. The summed E-state index contributed by atoms with van der Waals surface area (Å²) in [6.45, 7) is 0.366. The summed E-state index contributed by atoms with van der Waals surface area (Å²) >= 11 is 5.96. The molecule has 0 bridgehead atoms. The predicted molar refractivity (Wildman–Crippen MR) is 80.5 cm³/mol. The molecule has 0 atom stereocenters. The molecule has 0 heterocycles. The van der Waals surface area contributed by atoms with Crippen molar-refractivity contribution in [2.45, 2.75) is 37.6 Å². The standard InChI is InChI=1S/C15H19ClN2O3/c16-12-4-1-3-11(9-12)10-15(6-7-15)18-14(21)17-8-2-5-13(19)20/h1,3-4,9H,2,5-8,10H2,(H,19,20)(H2,17,18,21). The third-order valence-corrected chi connectivity index (χ3v) is 3.75. The Hall–Kier alpha value is -1.75. The van der Waals surface area contributed by atoms with Crippen LogP contribution in [0, 0.1) is 0 Å². The van der Waals surface area contributed by atoms with Gasteiger partial charge >= 0.3 is 12.0 Å². The topological polar surface area (TPSA) is 78.4 Å². The smallest absolute Gasteiger partial charge is 0.315 e. The number of aliphatic carboxylic acids is 1. The number of carboxylic acid groups (broad SMARTS) is 1. The van der Waals surface area contributed by atoms with E-state index in [1.807, 2.05) is 24.3 Å². The first-order valence-corrected chi connectivity index (χ1v) is 7.39. The zero-order valence-electron chi connectivity index (χ0n) is 11.7. The SMILES string of the molecule is O=C(O)CCCNC(=O)NC1(Cc2cccc(Cl)c2)CC1. The molecule has 1 saturated carbocycles. The summed E-state index contributed by atoms with van der Waals surface area (Å²) in [6.07, 6.45) is 3.15. The second-order valence-corrected chi connectivity index (χ2v) is 5.90. The number of nitrogens with one attached hydrogen (secondary N) is 2. The van der Waals surface area contributed by atoms with Crippen molar-refractivity contribution in [1.82, 2.24) is 10.6 Å². The molecule has 1 aromatic carbocycles. The molecule has 5 nitrogen and oxygen atoms in total. The maximum atomic E-state index is 11.8. The van der Waals surface area contributed by atoms with Gasteiger partial charge in [-0.05, 0) is 43.4 Å². The van der Waals surface area contributed by atoms with Gasteiger partial charge in [0.2, 0.25) is 0 Å². The lowest BCUT2D eigenvalue weighted by atomic mass is 10.0. The van der Waals surface area contributed by atoms with Crippen molar-refractivity contribution in [3.05, 3.63) is 34.9 Å². The van der Waals surface area contributed by atoms with Gasteiger partial charge in [-0.1, -0.05) is 23.7 Å². The molecule has 0 saturated heterocycles. The van der Waals surface area contributed by atoms with Gasteiger partial charge in [-0.15, -0.1) is 0 Å². The van der Waals surface area contributed by atoms with Crippen LogP contribution in [0.2, 0.25) is 5.02 Å². The summed E-state index contributed by atoms with van der Waals surface area (Å²) in [5.74, 6) is -0.850. The molecule has 1 aliphatic rings. The highest BCUT2D eigenvalue weighted by molar-refractivity contribution is 6.30. The summed E-state index contributed by atoms with van der Waals surface area (Å²) in [4.78, 5) is 22.2. The van der Waals surface area contributed by atoms with Gasteiger partial charge in [0.1, 0.15) is 0 Å². The lowest BCUT2D eigenvalue weighted by Gasteiger charge is -2.18. The van der Waals surface area contributed by atoms with E-state index in [1.54, 1.807) is 0 Å². The molecule has 6 heteroatoms. The Balaban J connectivity index is 1.76. The van der Waals surface area contributed by atoms with Gasteiger partial charge in [0.05, 0.1) is 0 Å². The fraction of sp³-hybridized carbons (Fsp3) is 0.467. The van der Waals surface area contributed by atoms with E-state index >= 15 is 0 Å². The molecule has 21 heavy (non-hydrogen) atoms. The Kier molecular flexibility index (Phi) is 5.07. The quantitative estimate of drug-likeness (QED) is 0.677. The molecule has 0 unspecified atom stereocenters. The van der Waals surface area contributed by atoms with E-state index < -0.39 is 5.97 Å².